The van der Waals surface area contributed by atoms with Crippen molar-refractivity contribution in [1.29, 1.82) is 0 Å². The number of nitrogens with zero attached hydrogens (tertiary/aromatic N) is 3. The second-order valence-corrected chi connectivity index (χ2v) is 13.6. The maximum absolute atomic E-state index is 6.34. The number of furan rings is 1. The van der Waals surface area contributed by atoms with Crippen molar-refractivity contribution < 1.29 is 4.42 Å². The summed E-state index contributed by atoms with van der Waals surface area (Å²) in [6.07, 6.45) is 0. The van der Waals surface area contributed by atoms with Crippen LogP contribution in [0.3, 0.4) is 0 Å². The van der Waals surface area contributed by atoms with Crippen LogP contribution in [-0.2, 0) is 0 Å². The zero-order valence-electron chi connectivity index (χ0n) is 28.5. The summed E-state index contributed by atoms with van der Waals surface area (Å²) in [4.78, 5) is 15.6. The second-order valence-electron chi connectivity index (χ2n) is 13.6. The van der Waals surface area contributed by atoms with E-state index in [2.05, 4.69) is 140 Å². The van der Waals surface area contributed by atoms with Crippen molar-refractivity contribution in [2.24, 2.45) is 0 Å². The molecule has 0 saturated carbocycles. The highest BCUT2D eigenvalue weighted by molar-refractivity contribution is 6.18. The lowest BCUT2D eigenvalue weighted by molar-refractivity contribution is 0.669. The predicted molar refractivity (Wildman–Crippen MR) is 219 cm³/mol. The van der Waals surface area contributed by atoms with Crippen LogP contribution in [0.1, 0.15) is 0 Å². The first-order valence-electron chi connectivity index (χ1n) is 17.9. The van der Waals surface area contributed by atoms with Crippen molar-refractivity contribution >= 4 is 65.0 Å². The van der Waals surface area contributed by atoms with Crippen LogP contribution < -0.4 is 0 Å². The number of hydrogen-bond donors (Lipinski definition) is 0. The van der Waals surface area contributed by atoms with Crippen LogP contribution >= 0.6 is 0 Å². The van der Waals surface area contributed by atoms with Gasteiger partial charge in [0.05, 0.1) is 0 Å². The third kappa shape index (κ3) is 4.80. The molecule has 0 aliphatic heterocycles. The van der Waals surface area contributed by atoms with E-state index >= 15 is 0 Å². The van der Waals surface area contributed by atoms with Crippen LogP contribution in [-0.4, -0.2) is 15.0 Å². The Morgan fingerprint density at radius 1 is 0.302 bits per heavy atom. The molecule has 0 saturated heterocycles. The van der Waals surface area contributed by atoms with E-state index in [-0.39, 0.29) is 0 Å². The van der Waals surface area contributed by atoms with E-state index in [0.717, 1.165) is 65.9 Å². The first-order valence-corrected chi connectivity index (χ1v) is 17.9. The van der Waals surface area contributed by atoms with Crippen LogP contribution in [0, 0.1) is 0 Å². The van der Waals surface area contributed by atoms with Gasteiger partial charge in [-0.2, -0.15) is 0 Å². The molecular formula is C49H29N3O. The number of benzene rings is 9. The van der Waals surface area contributed by atoms with Crippen LogP contribution in [0.4, 0.5) is 0 Å². The molecule has 0 aliphatic rings. The minimum atomic E-state index is 0.615. The van der Waals surface area contributed by atoms with Crippen LogP contribution in [0.5, 0.6) is 0 Å². The summed E-state index contributed by atoms with van der Waals surface area (Å²) in [6, 6.07) is 61.7. The zero-order chi connectivity index (χ0) is 34.9. The lowest BCUT2D eigenvalue weighted by atomic mass is 9.92. The van der Waals surface area contributed by atoms with Gasteiger partial charge < -0.3 is 4.42 Å². The topological polar surface area (TPSA) is 51.8 Å². The second kappa shape index (κ2) is 11.7. The van der Waals surface area contributed by atoms with E-state index in [9.17, 15) is 0 Å². The van der Waals surface area contributed by atoms with Gasteiger partial charge in [0, 0.05) is 27.5 Å². The molecule has 4 heteroatoms. The molecule has 0 aliphatic carbocycles. The Labute approximate surface area is 304 Å². The molecule has 11 aromatic rings. The lowest BCUT2D eigenvalue weighted by Gasteiger charge is -2.15. The summed E-state index contributed by atoms with van der Waals surface area (Å²) in [5, 5.41) is 11.7. The van der Waals surface area contributed by atoms with E-state index in [1.54, 1.807) is 0 Å². The molecule has 4 nitrogen and oxygen atoms in total. The third-order valence-corrected chi connectivity index (χ3v) is 10.5. The average Bonchev–Trinajstić information content (AvgIpc) is 3.62. The summed E-state index contributed by atoms with van der Waals surface area (Å²) >= 11 is 0. The van der Waals surface area contributed by atoms with Crippen molar-refractivity contribution in [3.8, 4) is 45.3 Å². The maximum atomic E-state index is 6.34. The maximum Gasteiger partial charge on any atom is 0.164 e. The summed E-state index contributed by atoms with van der Waals surface area (Å²) in [5.41, 5.74) is 6.62. The fourth-order valence-corrected chi connectivity index (χ4v) is 7.96. The Morgan fingerprint density at radius 2 is 0.887 bits per heavy atom. The largest absolute Gasteiger partial charge is 0.456 e. The fraction of sp³-hybridized carbons (Fsp3) is 0. The Morgan fingerprint density at radius 3 is 1.70 bits per heavy atom. The molecule has 0 atom stereocenters. The molecule has 0 amide bonds. The van der Waals surface area contributed by atoms with Gasteiger partial charge in [-0.25, -0.2) is 15.0 Å². The minimum absolute atomic E-state index is 0.615. The van der Waals surface area contributed by atoms with Gasteiger partial charge in [0.15, 0.2) is 17.5 Å². The predicted octanol–water partition coefficient (Wildman–Crippen LogP) is 13.1. The summed E-state index contributed by atoms with van der Waals surface area (Å²) in [7, 11) is 0. The molecule has 0 bridgehead atoms. The van der Waals surface area contributed by atoms with Crippen LogP contribution in [0.25, 0.3) is 110 Å². The van der Waals surface area contributed by atoms with Gasteiger partial charge in [-0.05, 0) is 84.5 Å². The molecule has 246 valence electrons. The average molecular weight is 676 g/mol. The summed E-state index contributed by atoms with van der Waals surface area (Å²) in [5.74, 6) is 1.87. The van der Waals surface area contributed by atoms with E-state index in [0.29, 0.717) is 17.5 Å². The third-order valence-electron chi connectivity index (χ3n) is 10.5. The lowest BCUT2D eigenvalue weighted by Crippen LogP contribution is -2.01. The molecular weight excluding hydrogens is 647 g/mol. The Kier molecular flexibility index (Phi) is 6.52. The Hall–Kier alpha value is -7.17. The van der Waals surface area contributed by atoms with E-state index in [1.165, 1.54) is 26.9 Å². The van der Waals surface area contributed by atoms with E-state index < -0.39 is 0 Å². The molecule has 0 spiro atoms. The van der Waals surface area contributed by atoms with Gasteiger partial charge in [0.2, 0.25) is 0 Å². The molecule has 0 radical (unpaired) electrons. The summed E-state index contributed by atoms with van der Waals surface area (Å²) < 4.78 is 6.34. The van der Waals surface area contributed by atoms with Gasteiger partial charge in [0.25, 0.3) is 0 Å². The molecule has 11 rings (SSSR count). The monoisotopic (exact) mass is 675 g/mol. The fourth-order valence-electron chi connectivity index (χ4n) is 7.96. The van der Waals surface area contributed by atoms with Crippen molar-refractivity contribution in [2.45, 2.75) is 0 Å². The van der Waals surface area contributed by atoms with Gasteiger partial charge in [-0.1, -0.05) is 146 Å². The van der Waals surface area contributed by atoms with Crippen molar-refractivity contribution in [1.82, 2.24) is 15.0 Å². The minimum Gasteiger partial charge on any atom is -0.456 e. The van der Waals surface area contributed by atoms with Gasteiger partial charge in [0.1, 0.15) is 11.2 Å². The van der Waals surface area contributed by atoms with Crippen LogP contribution in [0.2, 0.25) is 0 Å². The van der Waals surface area contributed by atoms with Gasteiger partial charge in [-0.3, -0.25) is 0 Å². The molecule has 0 unspecified atom stereocenters. The van der Waals surface area contributed by atoms with E-state index in [1.807, 2.05) is 36.4 Å². The quantitative estimate of drug-likeness (QED) is 0.174. The first kappa shape index (κ1) is 29.5. The summed E-state index contributed by atoms with van der Waals surface area (Å²) in [6.45, 7) is 0. The number of hydrogen-bond acceptors (Lipinski definition) is 4. The number of fused-ring (bicyclic) bond motifs is 9. The van der Waals surface area contributed by atoms with Crippen molar-refractivity contribution in [2.75, 3.05) is 0 Å². The smallest absolute Gasteiger partial charge is 0.164 e. The highest BCUT2D eigenvalue weighted by atomic mass is 16.3. The first-order chi connectivity index (χ1) is 26.2. The highest BCUT2D eigenvalue weighted by Gasteiger charge is 2.20. The molecule has 53 heavy (non-hydrogen) atoms. The number of rotatable bonds is 4. The standard InChI is InChI=1S/C49H29N3O/c1-2-12-31(13-3-1)47-50-48(35-23-24-37-34(27-35)22-26-38-36-16-7-6-11-30(36)21-25-39(37)38)52-49(51-47)43-29-33-15-5-4-14-32(33)28-42(43)40-18-10-20-45-46(40)41-17-8-9-19-44(41)53-45/h1-29H. The molecule has 0 fully saturated rings. The molecule has 2 aromatic heterocycles. The van der Waals surface area contributed by atoms with Crippen LogP contribution in [0.15, 0.2) is 180 Å². The number of aromatic nitrogens is 3. The number of para-hydroxylation sites is 1. The molecule has 9 aromatic carbocycles. The van der Waals surface area contributed by atoms with Crippen molar-refractivity contribution in [3.05, 3.63) is 176 Å². The van der Waals surface area contributed by atoms with Crippen molar-refractivity contribution in [3.63, 3.8) is 0 Å². The molecule has 2 heterocycles. The van der Waals surface area contributed by atoms with Gasteiger partial charge >= 0.3 is 0 Å². The Bertz CT molecular complexity index is 3240. The zero-order valence-corrected chi connectivity index (χ0v) is 28.5. The van der Waals surface area contributed by atoms with Gasteiger partial charge in [-0.15, -0.1) is 0 Å². The highest BCUT2D eigenvalue weighted by Crippen LogP contribution is 2.42. The SMILES string of the molecule is c1ccc(-c2nc(-c3ccc4c(ccc5c6ccccc6ccc45)c3)nc(-c3cc4ccccc4cc3-c3cccc4oc5ccccc5c34)n2)cc1. The molecule has 0 N–H and O–H groups in total. The normalized spacial score (nSPS) is 11.8. The Balaban J connectivity index is 1.16. The van der Waals surface area contributed by atoms with E-state index in [4.69, 9.17) is 19.4 Å².